The van der Waals surface area contributed by atoms with Crippen LogP contribution in [0, 0.1) is 5.82 Å². The highest BCUT2D eigenvalue weighted by atomic mass is 19.3. The maximum Gasteiger partial charge on any atom is 0.255 e. The van der Waals surface area contributed by atoms with Gasteiger partial charge in [0.05, 0.1) is 11.6 Å². The van der Waals surface area contributed by atoms with E-state index in [9.17, 15) is 8.78 Å². The molecule has 5 heteroatoms. The molecular weight excluding hydrogens is 361 g/mol. The van der Waals surface area contributed by atoms with Gasteiger partial charge in [0.25, 0.3) is 5.92 Å². The Labute approximate surface area is 166 Å². The van der Waals surface area contributed by atoms with Gasteiger partial charge in [0, 0.05) is 22.6 Å². The van der Waals surface area contributed by atoms with E-state index in [4.69, 9.17) is 4.98 Å². The molecule has 154 valence electrons. The third-order valence-electron chi connectivity index (χ3n) is 5.29. The Hall–Kier alpha value is -1.65. The molecule has 0 aliphatic heterocycles. The van der Waals surface area contributed by atoms with E-state index >= 15 is 4.39 Å². The van der Waals surface area contributed by atoms with Gasteiger partial charge >= 0.3 is 0 Å². The quantitative estimate of drug-likeness (QED) is 0.534. The van der Waals surface area contributed by atoms with E-state index in [1.165, 1.54) is 0 Å². The zero-order valence-electron chi connectivity index (χ0n) is 18.4. The van der Waals surface area contributed by atoms with Gasteiger partial charge < -0.3 is 0 Å². The maximum atomic E-state index is 15.9. The van der Waals surface area contributed by atoms with Crippen molar-refractivity contribution in [1.29, 1.82) is 0 Å². The molecule has 1 aromatic heterocycles. The van der Waals surface area contributed by atoms with E-state index in [1.54, 1.807) is 6.07 Å². The molecule has 0 N–H and O–H groups in total. The van der Waals surface area contributed by atoms with Crippen LogP contribution < -0.4 is 0 Å². The lowest BCUT2D eigenvalue weighted by Crippen LogP contribution is -2.24. The molecule has 1 unspecified atom stereocenters. The van der Waals surface area contributed by atoms with Crippen LogP contribution in [0.2, 0.25) is 0 Å². The SMILES string of the molecule is CC(C)(C)c1nc(C(C)(C)C)c2cc(C3CC3(F)F)c(C(C)(C)C)c(F)c2n1. The number of alkyl halides is 2. The van der Waals surface area contributed by atoms with E-state index in [-0.39, 0.29) is 22.8 Å². The molecule has 2 aromatic rings. The van der Waals surface area contributed by atoms with Crippen molar-refractivity contribution in [2.45, 2.75) is 96.8 Å². The molecule has 1 aliphatic carbocycles. The van der Waals surface area contributed by atoms with Crippen LogP contribution in [0.1, 0.15) is 97.3 Å². The van der Waals surface area contributed by atoms with Crippen LogP contribution in [0.4, 0.5) is 13.2 Å². The van der Waals surface area contributed by atoms with Gasteiger partial charge in [-0.1, -0.05) is 62.3 Å². The molecule has 0 amide bonds. The molecule has 1 atom stereocenters. The average Bonchev–Trinajstić information content (AvgIpc) is 3.11. The Kier molecular flexibility index (Phi) is 4.46. The second kappa shape index (κ2) is 5.93. The van der Waals surface area contributed by atoms with E-state index in [1.807, 2.05) is 62.3 Å². The van der Waals surface area contributed by atoms with Crippen molar-refractivity contribution in [2.24, 2.45) is 0 Å². The van der Waals surface area contributed by atoms with Gasteiger partial charge in [-0.2, -0.15) is 0 Å². The van der Waals surface area contributed by atoms with Crippen molar-refractivity contribution in [3.8, 4) is 0 Å². The fourth-order valence-corrected chi connectivity index (χ4v) is 3.74. The first-order valence-electron chi connectivity index (χ1n) is 9.88. The van der Waals surface area contributed by atoms with Crippen molar-refractivity contribution in [2.75, 3.05) is 0 Å². The number of hydrogen-bond acceptors (Lipinski definition) is 2. The summed E-state index contributed by atoms with van der Waals surface area (Å²) in [4.78, 5) is 9.35. The van der Waals surface area contributed by atoms with Crippen LogP contribution in [-0.2, 0) is 16.2 Å². The Morgan fingerprint density at radius 1 is 0.893 bits per heavy atom. The first-order chi connectivity index (χ1) is 12.4. The molecule has 1 saturated carbocycles. The first kappa shape index (κ1) is 21.1. The van der Waals surface area contributed by atoms with Gasteiger partial charge in [-0.25, -0.2) is 23.1 Å². The van der Waals surface area contributed by atoms with Gasteiger partial charge in [0.1, 0.15) is 11.3 Å². The van der Waals surface area contributed by atoms with Crippen molar-refractivity contribution in [3.63, 3.8) is 0 Å². The molecule has 1 fully saturated rings. The zero-order chi connectivity index (χ0) is 21.4. The summed E-state index contributed by atoms with van der Waals surface area (Å²) in [5, 5.41) is 0.545. The predicted octanol–water partition coefficient (Wildman–Crippen LogP) is 6.78. The van der Waals surface area contributed by atoms with E-state index in [2.05, 4.69) is 4.98 Å². The summed E-state index contributed by atoms with van der Waals surface area (Å²) >= 11 is 0. The number of fused-ring (bicyclic) bond motifs is 1. The minimum absolute atomic E-state index is 0.229. The molecule has 0 saturated heterocycles. The number of benzene rings is 1. The Morgan fingerprint density at radius 2 is 1.43 bits per heavy atom. The lowest BCUT2D eigenvalue weighted by atomic mass is 9.79. The van der Waals surface area contributed by atoms with E-state index < -0.39 is 23.1 Å². The summed E-state index contributed by atoms with van der Waals surface area (Å²) in [6.45, 7) is 17.5. The summed E-state index contributed by atoms with van der Waals surface area (Å²) in [7, 11) is 0. The molecule has 0 radical (unpaired) electrons. The lowest BCUT2D eigenvalue weighted by molar-refractivity contribution is 0.112. The van der Waals surface area contributed by atoms with Gasteiger partial charge in [-0.15, -0.1) is 0 Å². The molecule has 28 heavy (non-hydrogen) atoms. The summed E-state index contributed by atoms with van der Waals surface area (Å²) < 4.78 is 43.8. The van der Waals surface area contributed by atoms with Crippen molar-refractivity contribution >= 4 is 10.9 Å². The number of nitrogens with zero attached hydrogens (tertiary/aromatic N) is 2. The molecule has 0 bridgehead atoms. The summed E-state index contributed by atoms with van der Waals surface area (Å²) in [6.07, 6.45) is -0.229. The lowest BCUT2D eigenvalue weighted by Gasteiger charge is -2.28. The molecule has 0 spiro atoms. The standard InChI is InChI=1S/C23H31F3N2/c1-20(2,3)15-12(14-11-23(14,25)26)10-13-17(16(15)24)27-19(22(7,8)9)28-18(13)21(4,5)6/h10,14H,11H2,1-9H3. The van der Waals surface area contributed by atoms with Crippen LogP contribution in [0.15, 0.2) is 6.07 Å². The summed E-state index contributed by atoms with van der Waals surface area (Å²) in [5.74, 6) is -3.63. The number of hydrogen-bond donors (Lipinski definition) is 0. The fourth-order valence-electron chi connectivity index (χ4n) is 3.74. The first-order valence-corrected chi connectivity index (χ1v) is 9.88. The zero-order valence-corrected chi connectivity index (χ0v) is 18.4. The maximum absolute atomic E-state index is 15.9. The second-order valence-corrected chi connectivity index (χ2v) is 11.2. The minimum atomic E-state index is -2.77. The normalized spacial score (nSPS) is 19.9. The Bertz CT molecular complexity index is 942. The molecule has 1 aromatic carbocycles. The molecule has 2 nitrogen and oxygen atoms in total. The van der Waals surface area contributed by atoms with Crippen LogP contribution in [-0.4, -0.2) is 15.9 Å². The largest absolute Gasteiger partial charge is 0.255 e. The van der Waals surface area contributed by atoms with Crippen molar-refractivity contribution in [3.05, 3.63) is 34.5 Å². The Morgan fingerprint density at radius 3 is 1.82 bits per heavy atom. The third kappa shape index (κ3) is 3.53. The van der Waals surface area contributed by atoms with Crippen molar-refractivity contribution < 1.29 is 13.2 Å². The second-order valence-electron chi connectivity index (χ2n) is 11.2. The van der Waals surface area contributed by atoms with Gasteiger partial charge in [-0.3, -0.25) is 0 Å². The van der Waals surface area contributed by atoms with Crippen LogP contribution in [0.5, 0.6) is 0 Å². The van der Waals surface area contributed by atoms with Gasteiger partial charge in [-0.05, 0) is 22.6 Å². The van der Waals surface area contributed by atoms with E-state index in [0.29, 0.717) is 28.0 Å². The smallest absolute Gasteiger partial charge is 0.236 e. The monoisotopic (exact) mass is 392 g/mol. The topological polar surface area (TPSA) is 25.8 Å². The average molecular weight is 393 g/mol. The molecule has 1 heterocycles. The summed E-state index contributed by atoms with van der Waals surface area (Å²) in [6, 6.07) is 1.73. The van der Waals surface area contributed by atoms with Crippen LogP contribution >= 0.6 is 0 Å². The summed E-state index contributed by atoms with van der Waals surface area (Å²) in [5.41, 5.74) is 0.349. The highest BCUT2D eigenvalue weighted by Gasteiger charge is 2.59. The molecule has 1 aliphatic rings. The number of rotatable bonds is 1. The molecule has 3 rings (SSSR count). The van der Waals surface area contributed by atoms with Crippen LogP contribution in [0.25, 0.3) is 10.9 Å². The fraction of sp³-hybridized carbons (Fsp3) is 0.652. The highest BCUT2D eigenvalue weighted by Crippen LogP contribution is 2.58. The number of aromatic nitrogens is 2. The highest BCUT2D eigenvalue weighted by molar-refractivity contribution is 5.85. The minimum Gasteiger partial charge on any atom is -0.236 e. The van der Waals surface area contributed by atoms with Gasteiger partial charge in [0.15, 0.2) is 5.82 Å². The van der Waals surface area contributed by atoms with E-state index in [0.717, 1.165) is 0 Å². The third-order valence-corrected chi connectivity index (χ3v) is 5.29. The van der Waals surface area contributed by atoms with Crippen molar-refractivity contribution in [1.82, 2.24) is 9.97 Å². The van der Waals surface area contributed by atoms with Crippen LogP contribution in [0.3, 0.4) is 0 Å². The Balaban J connectivity index is 2.47. The van der Waals surface area contributed by atoms with Gasteiger partial charge in [0.2, 0.25) is 0 Å². The predicted molar refractivity (Wildman–Crippen MR) is 108 cm³/mol. The molecular formula is C23H31F3N2. The number of halogens is 3.